The average molecular weight is 412 g/mol. The van der Waals surface area contributed by atoms with Crippen LogP contribution in [-0.2, 0) is 16.3 Å². The van der Waals surface area contributed by atoms with Gasteiger partial charge in [0.25, 0.3) is 0 Å². The maximum atomic E-state index is 11.6. The highest BCUT2D eigenvalue weighted by Crippen LogP contribution is 2.25. The Kier molecular flexibility index (Phi) is 6.67. The van der Waals surface area contributed by atoms with Gasteiger partial charge in [-0.25, -0.2) is 8.42 Å². The first-order chi connectivity index (χ1) is 13.8. The van der Waals surface area contributed by atoms with Crippen molar-refractivity contribution in [3.63, 3.8) is 0 Å². The second kappa shape index (κ2) is 9.20. The molecule has 1 N–H and O–H groups in total. The lowest BCUT2D eigenvalue weighted by atomic mass is 10.0. The average Bonchev–Trinajstić information content (AvgIpc) is 2.73. The number of nitrogens with zero attached hydrogens (tertiary/aromatic N) is 1. The van der Waals surface area contributed by atoms with Gasteiger partial charge in [-0.2, -0.15) is 0 Å². The largest absolute Gasteiger partial charge is 0.488 e. The molecule has 2 unspecified atom stereocenters. The molecule has 2 aromatic carbocycles. The molecule has 0 aliphatic rings. The van der Waals surface area contributed by atoms with E-state index in [9.17, 15) is 13.5 Å². The second-order valence-electron chi connectivity index (χ2n) is 7.11. The third-order valence-electron chi connectivity index (χ3n) is 4.79. The summed E-state index contributed by atoms with van der Waals surface area (Å²) >= 11 is 0. The molecule has 0 aliphatic heterocycles. The van der Waals surface area contributed by atoms with Gasteiger partial charge in [-0.15, -0.1) is 0 Å². The Morgan fingerprint density at radius 2 is 1.62 bits per heavy atom. The molecule has 0 amide bonds. The number of ether oxygens (including phenoxy) is 1. The lowest BCUT2D eigenvalue weighted by Gasteiger charge is -2.20. The maximum absolute atomic E-state index is 11.6. The molecule has 0 saturated heterocycles. The van der Waals surface area contributed by atoms with E-state index in [-0.39, 0.29) is 6.10 Å². The fraction of sp³-hybridized carbons (Fsp3) is 0.261. The number of hydrogen-bond donors (Lipinski definition) is 1. The van der Waals surface area contributed by atoms with Crippen molar-refractivity contribution in [2.45, 2.75) is 36.9 Å². The van der Waals surface area contributed by atoms with Crippen LogP contribution < -0.4 is 4.74 Å². The normalized spacial score (nSPS) is 13.6. The van der Waals surface area contributed by atoms with E-state index in [1.807, 2.05) is 43.3 Å². The molecule has 0 aliphatic carbocycles. The summed E-state index contributed by atoms with van der Waals surface area (Å²) in [6.45, 7) is 1.85. The monoisotopic (exact) mass is 411 g/mol. The van der Waals surface area contributed by atoms with Gasteiger partial charge in [0.05, 0.1) is 11.0 Å². The molecule has 0 bridgehead atoms. The van der Waals surface area contributed by atoms with Crippen molar-refractivity contribution < 1.29 is 18.3 Å². The van der Waals surface area contributed by atoms with Gasteiger partial charge in [0.1, 0.15) is 11.9 Å². The van der Waals surface area contributed by atoms with Crippen molar-refractivity contribution in [3.05, 3.63) is 78.6 Å². The molecule has 0 radical (unpaired) electrons. The second-order valence-corrected chi connectivity index (χ2v) is 9.13. The van der Waals surface area contributed by atoms with E-state index in [0.29, 0.717) is 17.1 Å². The first kappa shape index (κ1) is 21.0. The Labute approximate surface area is 171 Å². The summed E-state index contributed by atoms with van der Waals surface area (Å²) < 4.78 is 29.0. The van der Waals surface area contributed by atoms with Crippen molar-refractivity contribution >= 4 is 9.84 Å². The van der Waals surface area contributed by atoms with Gasteiger partial charge >= 0.3 is 0 Å². The summed E-state index contributed by atoms with van der Waals surface area (Å²) in [6, 6.07) is 18.2. The molecule has 3 rings (SSSR count). The lowest BCUT2D eigenvalue weighted by Crippen LogP contribution is -2.29. The van der Waals surface area contributed by atoms with E-state index in [1.54, 1.807) is 36.7 Å². The summed E-state index contributed by atoms with van der Waals surface area (Å²) in [5.41, 5.74) is 2.97. The number of aromatic nitrogens is 1. The number of sulfone groups is 1. The smallest absolute Gasteiger partial charge is 0.175 e. The van der Waals surface area contributed by atoms with Crippen LogP contribution in [0.3, 0.4) is 0 Å². The molecule has 6 heteroatoms. The van der Waals surface area contributed by atoms with Crippen molar-refractivity contribution in [3.8, 4) is 16.9 Å². The van der Waals surface area contributed by atoms with Crippen molar-refractivity contribution in [1.82, 2.24) is 4.98 Å². The Morgan fingerprint density at radius 1 is 1.00 bits per heavy atom. The van der Waals surface area contributed by atoms with E-state index in [4.69, 9.17) is 4.74 Å². The number of aryl methyl sites for hydroxylation is 1. The van der Waals surface area contributed by atoms with Gasteiger partial charge in [0.15, 0.2) is 9.84 Å². The zero-order valence-corrected chi connectivity index (χ0v) is 17.3. The molecule has 0 spiro atoms. The van der Waals surface area contributed by atoms with E-state index in [0.717, 1.165) is 23.1 Å². The minimum absolute atomic E-state index is 0.301. The molecular weight excluding hydrogens is 386 g/mol. The Bertz CT molecular complexity index is 1020. The van der Waals surface area contributed by atoms with Crippen LogP contribution in [0.1, 0.15) is 18.9 Å². The molecule has 152 valence electrons. The number of aliphatic hydroxyl groups is 1. The number of pyridine rings is 1. The van der Waals surface area contributed by atoms with Gasteiger partial charge in [-0.05, 0) is 66.8 Å². The van der Waals surface area contributed by atoms with Gasteiger partial charge in [0, 0.05) is 18.6 Å². The van der Waals surface area contributed by atoms with Gasteiger partial charge < -0.3 is 9.84 Å². The standard InChI is InChI=1S/C23H25NO4S/c1-17(23(25)14-5-18-4-3-15-24-16-18)28-21-10-6-19(7-11-21)20-8-12-22(13-9-20)29(2,26)27/h3-4,6-13,15-17,23,25H,5,14H2,1-2H3. The molecule has 1 heterocycles. The maximum Gasteiger partial charge on any atom is 0.175 e. The highest BCUT2D eigenvalue weighted by atomic mass is 32.2. The number of aliphatic hydroxyl groups excluding tert-OH is 1. The lowest BCUT2D eigenvalue weighted by molar-refractivity contribution is 0.0420. The van der Waals surface area contributed by atoms with Crippen LogP contribution >= 0.6 is 0 Å². The van der Waals surface area contributed by atoms with Crippen LogP contribution in [0.4, 0.5) is 0 Å². The van der Waals surface area contributed by atoms with Gasteiger partial charge in [0.2, 0.25) is 0 Å². The van der Waals surface area contributed by atoms with Crippen LogP contribution in [0, 0.1) is 0 Å². The Hall–Kier alpha value is -2.70. The summed E-state index contributed by atoms with van der Waals surface area (Å²) in [5, 5.41) is 10.4. The molecular formula is C23H25NO4S. The quantitative estimate of drug-likeness (QED) is 0.608. The third kappa shape index (κ3) is 5.89. The Balaban J connectivity index is 1.58. The number of rotatable bonds is 8. The van der Waals surface area contributed by atoms with Crippen molar-refractivity contribution in [1.29, 1.82) is 0 Å². The van der Waals surface area contributed by atoms with E-state index < -0.39 is 15.9 Å². The van der Waals surface area contributed by atoms with Crippen LogP contribution in [0.2, 0.25) is 0 Å². The zero-order chi connectivity index (χ0) is 20.9. The number of hydrogen-bond acceptors (Lipinski definition) is 5. The van der Waals surface area contributed by atoms with Crippen LogP contribution in [0.25, 0.3) is 11.1 Å². The van der Waals surface area contributed by atoms with Crippen molar-refractivity contribution in [2.24, 2.45) is 0 Å². The van der Waals surface area contributed by atoms with Crippen LogP contribution in [0.15, 0.2) is 78.0 Å². The summed E-state index contributed by atoms with van der Waals surface area (Å²) in [7, 11) is -3.20. The summed E-state index contributed by atoms with van der Waals surface area (Å²) in [5.74, 6) is 0.675. The summed E-state index contributed by atoms with van der Waals surface area (Å²) in [4.78, 5) is 4.38. The minimum Gasteiger partial charge on any atom is -0.488 e. The topological polar surface area (TPSA) is 76.5 Å². The zero-order valence-electron chi connectivity index (χ0n) is 16.5. The van der Waals surface area contributed by atoms with E-state index >= 15 is 0 Å². The molecule has 5 nitrogen and oxygen atoms in total. The van der Waals surface area contributed by atoms with E-state index in [2.05, 4.69) is 4.98 Å². The van der Waals surface area contributed by atoms with E-state index in [1.165, 1.54) is 6.26 Å². The predicted molar refractivity (Wildman–Crippen MR) is 114 cm³/mol. The third-order valence-corrected chi connectivity index (χ3v) is 5.91. The number of benzene rings is 2. The molecule has 3 aromatic rings. The molecule has 0 fully saturated rings. The minimum atomic E-state index is -3.20. The highest BCUT2D eigenvalue weighted by molar-refractivity contribution is 7.90. The van der Waals surface area contributed by atoms with Crippen LogP contribution in [-0.4, -0.2) is 37.0 Å². The molecule has 1 aromatic heterocycles. The highest BCUT2D eigenvalue weighted by Gasteiger charge is 2.16. The summed E-state index contributed by atoms with van der Waals surface area (Å²) in [6.07, 6.45) is 5.14. The first-order valence-electron chi connectivity index (χ1n) is 9.47. The van der Waals surface area contributed by atoms with Crippen LogP contribution in [0.5, 0.6) is 5.75 Å². The molecule has 2 atom stereocenters. The van der Waals surface area contributed by atoms with Crippen molar-refractivity contribution in [2.75, 3.05) is 6.26 Å². The predicted octanol–water partition coefficient (Wildman–Crippen LogP) is 3.91. The van der Waals surface area contributed by atoms with Gasteiger partial charge in [-0.1, -0.05) is 30.3 Å². The first-order valence-corrected chi connectivity index (χ1v) is 11.4. The molecule has 29 heavy (non-hydrogen) atoms. The fourth-order valence-corrected chi connectivity index (χ4v) is 3.64. The SMILES string of the molecule is CC(Oc1ccc(-c2ccc(S(C)(=O)=O)cc2)cc1)C(O)CCc1cccnc1. The Morgan fingerprint density at radius 3 is 2.17 bits per heavy atom. The fourth-order valence-electron chi connectivity index (χ4n) is 3.01. The molecule has 0 saturated carbocycles. The van der Waals surface area contributed by atoms with Gasteiger partial charge in [-0.3, -0.25) is 4.98 Å².